The van der Waals surface area contributed by atoms with Gasteiger partial charge in [-0.2, -0.15) is 0 Å². The lowest BCUT2D eigenvalue weighted by Crippen LogP contribution is -2.15. The first-order valence-corrected chi connectivity index (χ1v) is 6.61. The van der Waals surface area contributed by atoms with Crippen LogP contribution in [0.3, 0.4) is 0 Å². The van der Waals surface area contributed by atoms with E-state index in [0.29, 0.717) is 11.8 Å². The van der Waals surface area contributed by atoms with Crippen molar-refractivity contribution in [3.8, 4) is 5.75 Å². The van der Waals surface area contributed by atoms with E-state index >= 15 is 0 Å². The Morgan fingerprint density at radius 3 is 2.88 bits per heavy atom. The van der Waals surface area contributed by atoms with Crippen molar-refractivity contribution >= 4 is 0 Å². The Balaban J connectivity index is 2.00. The van der Waals surface area contributed by atoms with Crippen LogP contribution in [0.4, 0.5) is 0 Å². The zero-order chi connectivity index (χ0) is 12.3. The minimum Gasteiger partial charge on any atom is -0.493 e. The number of hydrogen-bond acceptors (Lipinski definition) is 2. The third kappa shape index (κ3) is 3.22. The van der Waals surface area contributed by atoms with Crippen LogP contribution in [0.1, 0.15) is 37.3 Å². The second-order valence-electron chi connectivity index (χ2n) is 5.35. The van der Waals surface area contributed by atoms with Crippen molar-refractivity contribution in [3.63, 3.8) is 0 Å². The van der Waals surface area contributed by atoms with Gasteiger partial charge in [0.15, 0.2) is 0 Å². The Morgan fingerprint density at radius 2 is 2.24 bits per heavy atom. The van der Waals surface area contributed by atoms with Crippen molar-refractivity contribution in [3.05, 3.63) is 29.3 Å². The Labute approximate surface area is 104 Å². The summed E-state index contributed by atoms with van der Waals surface area (Å²) in [5.74, 6) is 2.30. The third-order valence-electron chi connectivity index (χ3n) is 3.52. The average Bonchev–Trinajstić information content (AvgIpc) is 2.80. The van der Waals surface area contributed by atoms with E-state index in [-0.39, 0.29) is 0 Å². The van der Waals surface area contributed by atoms with E-state index in [4.69, 9.17) is 4.74 Å². The molecule has 2 rings (SSSR count). The van der Waals surface area contributed by atoms with E-state index in [0.717, 1.165) is 25.4 Å². The Bertz CT molecular complexity index is 367. The van der Waals surface area contributed by atoms with Crippen LogP contribution in [0.2, 0.25) is 0 Å². The van der Waals surface area contributed by atoms with E-state index in [1.165, 1.54) is 17.5 Å². The molecule has 0 saturated carbocycles. The zero-order valence-electron chi connectivity index (χ0n) is 11.1. The molecule has 0 bridgehead atoms. The van der Waals surface area contributed by atoms with Gasteiger partial charge in [-0.3, -0.25) is 0 Å². The van der Waals surface area contributed by atoms with Crippen LogP contribution in [-0.2, 0) is 0 Å². The predicted molar refractivity (Wildman–Crippen MR) is 71.7 cm³/mol. The number of hydrogen-bond donors (Lipinski definition) is 1. The standard InChI is InChI=1S/C15H23NO/c1-11(2)14-5-4-12(3)15(8-14)17-10-13-6-7-16-9-13/h4-5,8,11,13,16H,6-7,9-10H2,1-3H3. The number of aryl methyl sites for hydroxylation is 1. The molecule has 1 atom stereocenters. The van der Waals surface area contributed by atoms with Gasteiger partial charge in [0.2, 0.25) is 0 Å². The number of rotatable bonds is 4. The quantitative estimate of drug-likeness (QED) is 0.863. The van der Waals surface area contributed by atoms with Gasteiger partial charge in [0.25, 0.3) is 0 Å². The second-order valence-corrected chi connectivity index (χ2v) is 5.35. The largest absolute Gasteiger partial charge is 0.493 e. The molecule has 0 amide bonds. The van der Waals surface area contributed by atoms with Gasteiger partial charge in [-0.15, -0.1) is 0 Å². The van der Waals surface area contributed by atoms with E-state index in [9.17, 15) is 0 Å². The highest BCUT2D eigenvalue weighted by atomic mass is 16.5. The topological polar surface area (TPSA) is 21.3 Å². The molecule has 1 aromatic carbocycles. The molecule has 1 aliphatic heterocycles. The SMILES string of the molecule is Cc1ccc(C(C)C)cc1OCC1CCNC1. The van der Waals surface area contributed by atoms with Crippen LogP contribution in [0.5, 0.6) is 5.75 Å². The zero-order valence-corrected chi connectivity index (χ0v) is 11.1. The van der Waals surface area contributed by atoms with Crippen molar-refractivity contribution in [2.45, 2.75) is 33.1 Å². The van der Waals surface area contributed by atoms with E-state index < -0.39 is 0 Å². The van der Waals surface area contributed by atoms with E-state index in [2.05, 4.69) is 44.3 Å². The highest BCUT2D eigenvalue weighted by Gasteiger charge is 2.15. The number of ether oxygens (including phenoxy) is 1. The summed E-state index contributed by atoms with van der Waals surface area (Å²) in [5, 5.41) is 3.37. The summed E-state index contributed by atoms with van der Waals surface area (Å²) in [4.78, 5) is 0. The minimum atomic E-state index is 0.561. The van der Waals surface area contributed by atoms with Crippen LogP contribution in [-0.4, -0.2) is 19.7 Å². The van der Waals surface area contributed by atoms with Crippen LogP contribution < -0.4 is 10.1 Å². The molecule has 1 heterocycles. The first kappa shape index (κ1) is 12.4. The summed E-state index contributed by atoms with van der Waals surface area (Å²) >= 11 is 0. The molecule has 17 heavy (non-hydrogen) atoms. The second kappa shape index (κ2) is 5.54. The van der Waals surface area contributed by atoms with Crippen molar-refractivity contribution in [2.24, 2.45) is 5.92 Å². The van der Waals surface area contributed by atoms with Crippen LogP contribution in [0, 0.1) is 12.8 Å². The lowest BCUT2D eigenvalue weighted by Gasteiger charge is -2.15. The first-order valence-electron chi connectivity index (χ1n) is 6.61. The first-order chi connectivity index (χ1) is 8.16. The van der Waals surface area contributed by atoms with Gasteiger partial charge < -0.3 is 10.1 Å². The summed E-state index contributed by atoms with van der Waals surface area (Å²) in [6.07, 6.45) is 1.24. The molecule has 1 unspecified atom stereocenters. The summed E-state index contributed by atoms with van der Waals surface area (Å²) in [5.41, 5.74) is 2.59. The van der Waals surface area contributed by atoms with Crippen molar-refractivity contribution in [2.75, 3.05) is 19.7 Å². The van der Waals surface area contributed by atoms with E-state index in [1.807, 2.05) is 0 Å². The molecule has 1 aliphatic rings. The highest BCUT2D eigenvalue weighted by Crippen LogP contribution is 2.25. The van der Waals surface area contributed by atoms with Crippen LogP contribution >= 0.6 is 0 Å². The smallest absolute Gasteiger partial charge is 0.122 e. The molecule has 1 fully saturated rings. The Kier molecular flexibility index (Phi) is 4.06. The molecule has 0 aromatic heterocycles. The summed E-state index contributed by atoms with van der Waals surface area (Å²) in [6.45, 7) is 9.63. The maximum atomic E-state index is 5.97. The maximum Gasteiger partial charge on any atom is 0.122 e. The molecule has 0 radical (unpaired) electrons. The summed E-state index contributed by atoms with van der Waals surface area (Å²) in [6, 6.07) is 6.56. The fourth-order valence-electron chi connectivity index (χ4n) is 2.20. The molecule has 0 aliphatic carbocycles. The molecule has 2 heteroatoms. The molecule has 1 N–H and O–H groups in total. The van der Waals surface area contributed by atoms with Gasteiger partial charge in [0.1, 0.15) is 5.75 Å². The Hall–Kier alpha value is -1.02. The number of benzene rings is 1. The van der Waals surface area contributed by atoms with Gasteiger partial charge in [-0.1, -0.05) is 26.0 Å². The molecule has 94 valence electrons. The van der Waals surface area contributed by atoms with Gasteiger partial charge >= 0.3 is 0 Å². The van der Waals surface area contributed by atoms with Crippen molar-refractivity contribution in [1.29, 1.82) is 0 Å². The third-order valence-corrected chi connectivity index (χ3v) is 3.52. The Morgan fingerprint density at radius 1 is 1.41 bits per heavy atom. The van der Waals surface area contributed by atoms with Crippen molar-refractivity contribution < 1.29 is 4.74 Å². The van der Waals surface area contributed by atoms with Gasteiger partial charge in [0, 0.05) is 12.5 Å². The molecular formula is C15H23NO. The van der Waals surface area contributed by atoms with Gasteiger partial charge in [-0.25, -0.2) is 0 Å². The van der Waals surface area contributed by atoms with Gasteiger partial charge in [-0.05, 0) is 43.0 Å². The fourth-order valence-corrected chi connectivity index (χ4v) is 2.20. The number of nitrogens with one attached hydrogen (secondary N) is 1. The molecule has 1 aromatic rings. The minimum absolute atomic E-state index is 0.561. The highest BCUT2D eigenvalue weighted by molar-refractivity contribution is 5.37. The summed E-state index contributed by atoms with van der Waals surface area (Å²) in [7, 11) is 0. The molecular weight excluding hydrogens is 210 g/mol. The monoisotopic (exact) mass is 233 g/mol. The van der Waals surface area contributed by atoms with E-state index in [1.54, 1.807) is 0 Å². The summed E-state index contributed by atoms with van der Waals surface area (Å²) < 4.78 is 5.97. The average molecular weight is 233 g/mol. The fraction of sp³-hybridized carbons (Fsp3) is 0.600. The van der Waals surface area contributed by atoms with Crippen LogP contribution in [0.15, 0.2) is 18.2 Å². The molecule has 1 saturated heterocycles. The lowest BCUT2D eigenvalue weighted by molar-refractivity contribution is 0.258. The molecule has 0 spiro atoms. The lowest BCUT2D eigenvalue weighted by atomic mass is 10.0. The van der Waals surface area contributed by atoms with Crippen LogP contribution in [0.25, 0.3) is 0 Å². The van der Waals surface area contributed by atoms with Crippen molar-refractivity contribution in [1.82, 2.24) is 5.32 Å². The maximum absolute atomic E-state index is 5.97. The van der Waals surface area contributed by atoms with Gasteiger partial charge in [0.05, 0.1) is 6.61 Å². The predicted octanol–water partition coefficient (Wildman–Crippen LogP) is 3.11. The molecule has 2 nitrogen and oxygen atoms in total. The normalized spacial score (nSPS) is 19.9.